The molecule has 0 aromatic carbocycles. The summed E-state index contributed by atoms with van der Waals surface area (Å²) in [6.07, 6.45) is 9.77. The maximum absolute atomic E-state index is 4.61. The van der Waals surface area contributed by atoms with Crippen LogP contribution in [-0.4, -0.2) is 44.1 Å². The summed E-state index contributed by atoms with van der Waals surface area (Å²) in [5.41, 5.74) is 3.31. The molecule has 3 aromatic rings. The molecule has 0 amide bonds. The van der Waals surface area contributed by atoms with Gasteiger partial charge in [-0.1, -0.05) is 0 Å². The first kappa shape index (κ1) is 16.7. The van der Waals surface area contributed by atoms with Gasteiger partial charge in [0.2, 0.25) is 0 Å². The topological polar surface area (TPSA) is 71.8 Å². The second-order valence-electron chi connectivity index (χ2n) is 6.61. The number of aryl methyl sites for hydroxylation is 1. The summed E-state index contributed by atoms with van der Waals surface area (Å²) < 4.78 is 1.87. The first-order chi connectivity index (χ1) is 12.8. The van der Waals surface area contributed by atoms with E-state index in [1.54, 1.807) is 18.6 Å². The van der Waals surface area contributed by atoms with Crippen LogP contribution in [0.4, 0.5) is 5.82 Å². The highest BCUT2D eigenvalue weighted by atomic mass is 15.3. The van der Waals surface area contributed by atoms with Crippen LogP contribution in [-0.2, 0) is 13.6 Å². The van der Waals surface area contributed by atoms with Gasteiger partial charge in [-0.2, -0.15) is 10.2 Å². The van der Waals surface area contributed by atoms with Crippen LogP contribution >= 0.6 is 0 Å². The van der Waals surface area contributed by atoms with Crippen molar-refractivity contribution in [1.29, 1.82) is 0 Å². The first-order valence-electron chi connectivity index (χ1n) is 8.99. The van der Waals surface area contributed by atoms with Crippen molar-refractivity contribution in [2.24, 2.45) is 7.05 Å². The molecule has 134 valence electrons. The van der Waals surface area contributed by atoms with Crippen molar-refractivity contribution in [3.8, 4) is 11.3 Å². The third-order valence-corrected chi connectivity index (χ3v) is 4.78. The molecular formula is C19H23N7. The van der Waals surface area contributed by atoms with Crippen LogP contribution in [0.15, 0.2) is 49.1 Å². The van der Waals surface area contributed by atoms with Crippen LogP contribution in [0.1, 0.15) is 18.4 Å². The summed E-state index contributed by atoms with van der Waals surface area (Å²) in [6.45, 7) is 2.75. The van der Waals surface area contributed by atoms with Crippen LogP contribution in [0.3, 0.4) is 0 Å². The van der Waals surface area contributed by atoms with E-state index in [-0.39, 0.29) is 0 Å². The molecule has 1 fully saturated rings. The highest BCUT2D eigenvalue weighted by Gasteiger charge is 2.25. The van der Waals surface area contributed by atoms with Crippen molar-refractivity contribution in [3.05, 3.63) is 54.6 Å². The maximum atomic E-state index is 4.61. The molecule has 0 spiro atoms. The second-order valence-corrected chi connectivity index (χ2v) is 6.61. The molecule has 0 radical (unpaired) electrons. The number of pyridine rings is 1. The van der Waals surface area contributed by atoms with Crippen LogP contribution in [0.2, 0.25) is 0 Å². The van der Waals surface area contributed by atoms with E-state index < -0.39 is 0 Å². The standard InChI is InChI=1S/C19H23N7/c1-25-14-16(19(24-25)15-6-9-20-10-7-15)12-21-13-17-4-3-11-26(17)18-5-2-8-22-23-18/h2,5-10,14,17,21H,3-4,11-13H2,1H3. The number of hydrogen-bond donors (Lipinski definition) is 1. The van der Waals surface area contributed by atoms with Crippen molar-refractivity contribution in [2.75, 3.05) is 18.0 Å². The van der Waals surface area contributed by atoms with Gasteiger partial charge >= 0.3 is 0 Å². The van der Waals surface area contributed by atoms with Crippen molar-refractivity contribution < 1.29 is 0 Å². The molecule has 1 aliphatic heterocycles. The van der Waals surface area contributed by atoms with Gasteiger partial charge in [0.05, 0.1) is 5.69 Å². The third-order valence-electron chi connectivity index (χ3n) is 4.78. The van der Waals surface area contributed by atoms with Crippen LogP contribution in [0.5, 0.6) is 0 Å². The van der Waals surface area contributed by atoms with Crippen LogP contribution < -0.4 is 10.2 Å². The molecule has 1 aliphatic rings. The average Bonchev–Trinajstić information content (AvgIpc) is 3.30. The molecule has 1 N–H and O–H groups in total. The zero-order valence-corrected chi connectivity index (χ0v) is 14.9. The fourth-order valence-electron chi connectivity index (χ4n) is 3.59. The van der Waals surface area contributed by atoms with E-state index in [9.17, 15) is 0 Å². The van der Waals surface area contributed by atoms with Gasteiger partial charge in [0, 0.05) is 68.6 Å². The summed E-state index contributed by atoms with van der Waals surface area (Å²) >= 11 is 0. The highest BCUT2D eigenvalue weighted by Crippen LogP contribution is 2.23. The summed E-state index contributed by atoms with van der Waals surface area (Å²) in [6, 6.07) is 8.43. The van der Waals surface area contributed by atoms with Gasteiger partial charge in [-0.25, -0.2) is 0 Å². The molecule has 1 atom stereocenters. The van der Waals surface area contributed by atoms with E-state index in [0.717, 1.165) is 36.7 Å². The Kier molecular flexibility index (Phi) is 4.88. The third kappa shape index (κ3) is 3.57. The van der Waals surface area contributed by atoms with E-state index in [1.165, 1.54) is 18.4 Å². The average molecular weight is 349 g/mol. The zero-order valence-electron chi connectivity index (χ0n) is 14.9. The number of aromatic nitrogens is 5. The summed E-state index contributed by atoms with van der Waals surface area (Å²) in [7, 11) is 1.96. The lowest BCUT2D eigenvalue weighted by molar-refractivity contribution is 0.569. The van der Waals surface area contributed by atoms with Crippen molar-refractivity contribution in [1.82, 2.24) is 30.3 Å². The molecular weight excluding hydrogens is 326 g/mol. The Morgan fingerprint density at radius 2 is 2.08 bits per heavy atom. The normalized spacial score (nSPS) is 17.0. The molecule has 0 aliphatic carbocycles. The minimum atomic E-state index is 0.452. The summed E-state index contributed by atoms with van der Waals surface area (Å²) in [5, 5.41) is 16.5. The Hall–Kier alpha value is -2.80. The van der Waals surface area contributed by atoms with Crippen molar-refractivity contribution >= 4 is 5.82 Å². The van der Waals surface area contributed by atoms with Crippen LogP contribution in [0, 0.1) is 0 Å². The molecule has 1 unspecified atom stereocenters. The van der Waals surface area contributed by atoms with Gasteiger partial charge < -0.3 is 10.2 Å². The van der Waals surface area contributed by atoms with Crippen LogP contribution in [0.25, 0.3) is 11.3 Å². The molecule has 4 heterocycles. The molecule has 0 bridgehead atoms. The molecule has 1 saturated heterocycles. The van der Waals surface area contributed by atoms with Gasteiger partial charge in [-0.15, -0.1) is 5.10 Å². The quantitative estimate of drug-likeness (QED) is 0.734. The Bertz CT molecular complexity index is 832. The fraction of sp³-hybridized carbons (Fsp3) is 0.368. The fourth-order valence-corrected chi connectivity index (χ4v) is 3.59. The summed E-state index contributed by atoms with van der Waals surface area (Å²) in [4.78, 5) is 6.45. The first-order valence-corrected chi connectivity index (χ1v) is 8.99. The summed E-state index contributed by atoms with van der Waals surface area (Å²) in [5.74, 6) is 0.968. The number of rotatable bonds is 6. The Morgan fingerprint density at radius 1 is 1.19 bits per heavy atom. The van der Waals surface area contributed by atoms with Crippen molar-refractivity contribution in [2.45, 2.75) is 25.4 Å². The largest absolute Gasteiger partial charge is 0.351 e. The lowest BCUT2D eigenvalue weighted by Gasteiger charge is -2.25. The van der Waals surface area contributed by atoms with Gasteiger partial charge in [-0.3, -0.25) is 9.67 Å². The second kappa shape index (κ2) is 7.61. The Morgan fingerprint density at radius 3 is 2.88 bits per heavy atom. The van der Waals surface area contributed by atoms with Gasteiger partial charge in [0.1, 0.15) is 0 Å². The SMILES string of the molecule is Cn1cc(CNCC2CCCN2c2cccnn2)c(-c2ccncc2)n1. The minimum Gasteiger partial charge on any atom is -0.351 e. The smallest absolute Gasteiger partial charge is 0.151 e. The van der Waals surface area contributed by atoms with E-state index in [2.05, 4.69) is 36.7 Å². The lowest BCUT2D eigenvalue weighted by Crippen LogP contribution is -2.38. The number of nitrogens with one attached hydrogen (secondary N) is 1. The maximum Gasteiger partial charge on any atom is 0.151 e. The molecule has 4 rings (SSSR count). The molecule has 7 heteroatoms. The lowest BCUT2D eigenvalue weighted by atomic mass is 10.1. The zero-order chi connectivity index (χ0) is 17.8. The van der Waals surface area contributed by atoms with E-state index in [0.29, 0.717) is 6.04 Å². The Balaban J connectivity index is 1.41. The monoisotopic (exact) mass is 349 g/mol. The predicted octanol–water partition coefficient (Wildman–Crippen LogP) is 2.03. The van der Waals surface area contributed by atoms with E-state index in [1.807, 2.05) is 36.0 Å². The van der Waals surface area contributed by atoms with E-state index in [4.69, 9.17) is 0 Å². The molecule has 0 saturated carbocycles. The van der Waals surface area contributed by atoms with Crippen molar-refractivity contribution in [3.63, 3.8) is 0 Å². The van der Waals surface area contributed by atoms with E-state index >= 15 is 0 Å². The minimum absolute atomic E-state index is 0.452. The molecule has 26 heavy (non-hydrogen) atoms. The number of anilines is 1. The van der Waals surface area contributed by atoms with Gasteiger partial charge in [-0.05, 0) is 37.1 Å². The van der Waals surface area contributed by atoms with Gasteiger partial charge in [0.15, 0.2) is 5.82 Å². The predicted molar refractivity (Wildman–Crippen MR) is 101 cm³/mol. The molecule has 3 aromatic heterocycles. The number of nitrogens with zero attached hydrogens (tertiary/aromatic N) is 6. The van der Waals surface area contributed by atoms with Gasteiger partial charge in [0.25, 0.3) is 0 Å². The highest BCUT2D eigenvalue weighted by molar-refractivity contribution is 5.61. The Labute approximate surface area is 153 Å². The number of hydrogen-bond acceptors (Lipinski definition) is 6. The molecule has 7 nitrogen and oxygen atoms in total.